The molecule has 1 amide bonds. The SMILES string of the molecule is CON1C(=O)C2(CCNC2)c2ccccc21. The van der Waals surface area contributed by atoms with Crippen LogP contribution in [0.15, 0.2) is 24.3 Å². The van der Waals surface area contributed by atoms with Crippen molar-refractivity contribution in [1.82, 2.24) is 5.32 Å². The largest absolute Gasteiger partial charge is 0.315 e. The molecule has 84 valence electrons. The molecule has 1 aromatic carbocycles. The molecule has 1 saturated heterocycles. The van der Waals surface area contributed by atoms with Crippen LogP contribution in [0.4, 0.5) is 5.69 Å². The molecule has 1 spiro atoms. The van der Waals surface area contributed by atoms with Gasteiger partial charge in [0.2, 0.25) is 0 Å². The van der Waals surface area contributed by atoms with Crippen LogP contribution in [0, 0.1) is 0 Å². The van der Waals surface area contributed by atoms with Crippen molar-refractivity contribution in [3.05, 3.63) is 29.8 Å². The molecule has 2 heterocycles. The highest BCUT2D eigenvalue weighted by molar-refractivity contribution is 6.07. The summed E-state index contributed by atoms with van der Waals surface area (Å²) < 4.78 is 0. The third-order valence-electron chi connectivity index (χ3n) is 3.57. The Balaban J connectivity index is 2.19. The van der Waals surface area contributed by atoms with E-state index in [1.807, 2.05) is 24.3 Å². The van der Waals surface area contributed by atoms with Crippen LogP contribution in [-0.4, -0.2) is 26.1 Å². The Morgan fingerprint density at radius 3 is 2.94 bits per heavy atom. The molecule has 2 aliphatic rings. The number of fused-ring (bicyclic) bond motifs is 2. The van der Waals surface area contributed by atoms with Crippen molar-refractivity contribution in [3.63, 3.8) is 0 Å². The molecular weight excluding hydrogens is 204 g/mol. The summed E-state index contributed by atoms with van der Waals surface area (Å²) in [6, 6.07) is 7.87. The molecule has 1 atom stereocenters. The second-order valence-electron chi connectivity index (χ2n) is 4.31. The standard InChI is InChI=1S/C12H14N2O2/c1-16-14-10-5-3-2-4-9(10)12(11(14)15)6-7-13-8-12/h2-5,13H,6-8H2,1H3. The molecule has 1 unspecified atom stereocenters. The summed E-state index contributed by atoms with van der Waals surface area (Å²) >= 11 is 0. The van der Waals surface area contributed by atoms with E-state index >= 15 is 0 Å². The van der Waals surface area contributed by atoms with Crippen molar-refractivity contribution >= 4 is 11.6 Å². The number of nitrogens with one attached hydrogen (secondary N) is 1. The van der Waals surface area contributed by atoms with Gasteiger partial charge >= 0.3 is 0 Å². The first kappa shape index (κ1) is 9.81. The van der Waals surface area contributed by atoms with Gasteiger partial charge in [-0.05, 0) is 24.6 Å². The van der Waals surface area contributed by atoms with Crippen LogP contribution in [0.5, 0.6) is 0 Å². The minimum Gasteiger partial charge on any atom is -0.315 e. The van der Waals surface area contributed by atoms with Gasteiger partial charge in [-0.1, -0.05) is 18.2 Å². The zero-order valence-corrected chi connectivity index (χ0v) is 9.19. The first-order chi connectivity index (χ1) is 7.79. The molecule has 0 radical (unpaired) electrons. The molecule has 1 aromatic rings. The second-order valence-corrected chi connectivity index (χ2v) is 4.31. The zero-order valence-electron chi connectivity index (χ0n) is 9.19. The van der Waals surface area contributed by atoms with E-state index in [1.165, 1.54) is 12.2 Å². The number of rotatable bonds is 1. The monoisotopic (exact) mass is 218 g/mol. The number of anilines is 1. The number of para-hydroxylation sites is 1. The summed E-state index contributed by atoms with van der Waals surface area (Å²) in [5, 5.41) is 4.69. The predicted octanol–water partition coefficient (Wildman–Crippen LogP) is 0.826. The maximum atomic E-state index is 12.4. The summed E-state index contributed by atoms with van der Waals surface area (Å²) in [7, 11) is 1.54. The molecule has 16 heavy (non-hydrogen) atoms. The fraction of sp³-hybridized carbons (Fsp3) is 0.417. The van der Waals surface area contributed by atoms with Gasteiger partial charge in [0.15, 0.2) is 0 Å². The smallest absolute Gasteiger partial charge is 0.262 e. The van der Waals surface area contributed by atoms with Crippen molar-refractivity contribution in [3.8, 4) is 0 Å². The summed E-state index contributed by atoms with van der Waals surface area (Å²) in [6.07, 6.45) is 0.850. The average molecular weight is 218 g/mol. The number of benzene rings is 1. The topological polar surface area (TPSA) is 41.6 Å². The van der Waals surface area contributed by atoms with Crippen LogP contribution in [0.2, 0.25) is 0 Å². The molecule has 1 N–H and O–H groups in total. The van der Waals surface area contributed by atoms with E-state index < -0.39 is 5.41 Å². The molecule has 0 bridgehead atoms. The molecule has 0 saturated carbocycles. The van der Waals surface area contributed by atoms with Gasteiger partial charge in [0.05, 0.1) is 18.2 Å². The van der Waals surface area contributed by atoms with E-state index in [0.29, 0.717) is 6.54 Å². The number of carbonyl (C=O) groups excluding carboxylic acids is 1. The Morgan fingerprint density at radius 2 is 2.25 bits per heavy atom. The van der Waals surface area contributed by atoms with Crippen molar-refractivity contribution in [2.45, 2.75) is 11.8 Å². The highest BCUT2D eigenvalue weighted by atomic mass is 16.7. The lowest BCUT2D eigenvalue weighted by Crippen LogP contribution is -2.41. The maximum absolute atomic E-state index is 12.4. The van der Waals surface area contributed by atoms with Gasteiger partial charge in [-0.3, -0.25) is 9.63 Å². The molecule has 4 heteroatoms. The summed E-state index contributed by atoms with van der Waals surface area (Å²) in [5.74, 6) is 0.0567. The van der Waals surface area contributed by atoms with Crippen molar-refractivity contribution in [1.29, 1.82) is 0 Å². The summed E-state index contributed by atoms with van der Waals surface area (Å²) in [4.78, 5) is 17.6. The van der Waals surface area contributed by atoms with Gasteiger partial charge in [0.1, 0.15) is 0 Å². The normalized spacial score (nSPS) is 27.8. The van der Waals surface area contributed by atoms with Crippen LogP contribution in [-0.2, 0) is 15.0 Å². The Morgan fingerprint density at radius 1 is 1.44 bits per heavy atom. The average Bonchev–Trinajstić information content (AvgIpc) is 2.88. The van der Waals surface area contributed by atoms with E-state index in [9.17, 15) is 4.79 Å². The van der Waals surface area contributed by atoms with Crippen molar-refractivity contribution < 1.29 is 9.63 Å². The summed E-state index contributed by atoms with van der Waals surface area (Å²) in [6.45, 7) is 1.60. The lowest BCUT2D eigenvalue weighted by atomic mass is 9.81. The van der Waals surface area contributed by atoms with Gasteiger partial charge < -0.3 is 5.32 Å². The molecule has 2 aliphatic heterocycles. The lowest BCUT2D eigenvalue weighted by Gasteiger charge is -2.21. The Kier molecular flexibility index (Phi) is 2.02. The number of hydroxylamine groups is 1. The molecule has 1 fully saturated rings. The zero-order chi connectivity index (χ0) is 11.2. The summed E-state index contributed by atoms with van der Waals surface area (Å²) in [5.41, 5.74) is 1.58. The molecule has 0 aliphatic carbocycles. The number of carbonyl (C=O) groups is 1. The van der Waals surface area contributed by atoms with E-state index in [0.717, 1.165) is 24.2 Å². The number of hydrogen-bond donors (Lipinski definition) is 1. The van der Waals surface area contributed by atoms with Gasteiger partial charge in [0.25, 0.3) is 5.91 Å². The van der Waals surface area contributed by atoms with Crippen LogP contribution in [0.3, 0.4) is 0 Å². The molecular formula is C12H14N2O2. The number of amides is 1. The van der Waals surface area contributed by atoms with E-state index in [-0.39, 0.29) is 5.91 Å². The van der Waals surface area contributed by atoms with Gasteiger partial charge in [0, 0.05) is 6.54 Å². The minimum atomic E-state index is -0.396. The Bertz CT molecular complexity index is 438. The number of hydrogen-bond acceptors (Lipinski definition) is 3. The van der Waals surface area contributed by atoms with Crippen molar-refractivity contribution in [2.24, 2.45) is 0 Å². The molecule has 4 nitrogen and oxygen atoms in total. The third-order valence-corrected chi connectivity index (χ3v) is 3.57. The minimum absolute atomic E-state index is 0.0567. The van der Waals surface area contributed by atoms with Crippen LogP contribution in [0.25, 0.3) is 0 Å². The van der Waals surface area contributed by atoms with Gasteiger partial charge in [-0.2, -0.15) is 5.06 Å². The Hall–Kier alpha value is -1.39. The lowest BCUT2D eigenvalue weighted by molar-refractivity contribution is -0.128. The quantitative estimate of drug-likeness (QED) is 0.759. The van der Waals surface area contributed by atoms with Crippen LogP contribution < -0.4 is 10.4 Å². The van der Waals surface area contributed by atoms with Crippen LogP contribution >= 0.6 is 0 Å². The van der Waals surface area contributed by atoms with E-state index in [4.69, 9.17) is 4.84 Å². The molecule has 0 aromatic heterocycles. The number of nitrogens with zero attached hydrogens (tertiary/aromatic N) is 1. The second kappa shape index (κ2) is 3.30. The van der Waals surface area contributed by atoms with E-state index in [2.05, 4.69) is 5.32 Å². The fourth-order valence-electron chi connectivity index (χ4n) is 2.76. The first-order valence-electron chi connectivity index (χ1n) is 5.48. The van der Waals surface area contributed by atoms with Crippen LogP contribution in [0.1, 0.15) is 12.0 Å². The highest BCUT2D eigenvalue weighted by Crippen LogP contribution is 2.45. The van der Waals surface area contributed by atoms with Gasteiger partial charge in [-0.15, -0.1) is 0 Å². The Labute approximate surface area is 94.1 Å². The van der Waals surface area contributed by atoms with Crippen molar-refractivity contribution in [2.75, 3.05) is 25.3 Å². The molecule has 3 rings (SSSR count). The maximum Gasteiger partial charge on any atom is 0.262 e. The fourth-order valence-corrected chi connectivity index (χ4v) is 2.76. The van der Waals surface area contributed by atoms with E-state index in [1.54, 1.807) is 0 Å². The van der Waals surface area contributed by atoms with Gasteiger partial charge in [-0.25, -0.2) is 0 Å². The highest BCUT2D eigenvalue weighted by Gasteiger charge is 2.52. The predicted molar refractivity (Wildman–Crippen MR) is 60.1 cm³/mol. The first-order valence-corrected chi connectivity index (χ1v) is 5.48. The third kappa shape index (κ3) is 1.03.